The van der Waals surface area contributed by atoms with E-state index in [1.54, 1.807) is 41.1 Å². The first-order valence-electron chi connectivity index (χ1n) is 9.53. The number of benzene rings is 2. The average Bonchev–Trinajstić information content (AvgIpc) is 3.33. The first kappa shape index (κ1) is 22.7. The van der Waals surface area contributed by atoms with Gasteiger partial charge in [-0.1, -0.05) is 58.5 Å². The Morgan fingerprint density at radius 2 is 1.78 bits per heavy atom. The summed E-state index contributed by atoms with van der Waals surface area (Å²) < 4.78 is 1.79. The molecule has 0 bridgehead atoms. The van der Waals surface area contributed by atoms with Gasteiger partial charge in [-0.15, -0.1) is 0 Å². The molecule has 164 valence electrons. The lowest BCUT2D eigenvalue weighted by molar-refractivity contribution is 0.102. The van der Waals surface area contributed by atoms with Gasteiger partial charge >= 0.3 is 0 Å². The maximum Gasteiger partial charge on any atom is 0.273 e. The minimum absolute atomic E-state index is 0.304. The Bertz CT molecular complexity index is 1330. The van der Waals surface area contributed by atoms with Crippen LogP contribution in [0.15, 0.2) is 42.5 Å². The molecule has 0 fully saturated rings. The van der Waals surface area contributed by atoms with Gasteiger partial charge in [-0.05, 0) is 49.7 Å². The number of carbonyl (C=O) groups is 1. The number of nitrogens with one attached hydrogen (secondary N) is 2. The van der Waals surface area contributed by atoms with Crippen molar-refractivity contribution >= 4 is 58.0 Å². The molecule has 10 heteroatoms. The molecule has 0 radical (unpaired) electrons. The van der Waals surface area contributed by atoms with Gasteiger partial charge in [-0.25, -0.2) is 0 Å². The highest BCUT2D eigenvalue weighted by Crippen LogP contribution is 2.29. The highest BCUT2D eigenvalue weighted by molar-refractivity contribution is 6.42. The molecule has 2 aromatic carbocycles. The summed E-state index contributed by atoms with van der Waals surface area (Å²) >= 11 is 24.3. The van der Waals surface area contributed by atoms with Crippen LogP contribution in [0.3, 0.4) is 0 Å². The van der Waals surface area contributed by atoms with Gasteiger partial charge < -0.3 is 5.32 Å². The molecule has 0 aliphatic rings. The number of H-pyrrole nitrogens is 1. The second-order valence-corrected chi connectivity index (χ2v) is 8.85. The van der Waals surface area contributed by atoms with Gasteiger partial charge in [-0.3, -0.25) is 14.6 Å². The second-order valence-electron chi connectivity index (χ2n) is 7.19. The van der Waals surface area contributed by atoms with Crippen molar-refractivity contribution < 1.29 is 4.79 Å². The molecule has 6 nitrogen and oxygen atoms in total. The van der Waals surface area contributed by atoms with Gasteiger partial charge in [0.1, 0.15) is 5.69 Å². The van der Waals surface area contributed by atoms with Crippen LogP contribution >= 0.6 is 46.4 Å². The molecule has 0 aliphatic heterocycles. The van der Waals surface area contributed by atoms with Crippen LogP contribution < -0.4 is 5.32 Å². The van der Waals surface area contributed by atoms with Crippen LogP contribution in [-0.4, -0.2) is 25.9 Å². The number of nitrogens with zero attached hydrogens (tertiary/aromatic N) is 3. The maximum absolute atomic E-state index is 12.8. The minimum Gasteiger partial charge on any atom is -0.318 e. The van der Waals surface area contributed by atoms with E-state index in [0.29, 0.717) is 49.4 Å². The van der Waals surface area contributed by atoms with E-state index in [0.717, 1.165) is 16.8 Å². The first-order valence-corrected chi connectivity index (χ1v) is 11.0. The summed E-state index contributed by atoms with van der Waals surface area (Å²) in [7, 11) is 0. The van der Waals surface area contributed by atoms with Crippen LogP contribution in [-0.2, 0) is 6.54 Å². The second kappa shape index (κ2) is 9.16. The Hall–Kier alpha value is -2.51. The Balaban J connectivity index is 1.54. The van der Waals surface area contributed by atoms with Crippen LogP contribution in [0.25, 0.3) is 11.3 Å². The fourth-order valence-corrected chi connectivity index (χ4v) is 4.03. The van der Waals surface area contributed by atoms with Crippen molar-refractivity contribution in [3.8, 4) is 11.3 Å². The van der Waals surface area contributed by atoms with E-state index >= 15 is 0 Å². The zero-order valence-electron chi connectivity index (χ0n) is 17.0. The number of carbonyl (C=O) groups excluding carboxylic acids is 1. The van der Waals surface area contributed by atoms with Crippen LogP contribution in [0.2, 0.25) is 20.1 Å². The molecule has 0 spiro atoms. The standard InChI is InChI=1S/C22H17Cl4N5O/c1-11-21(12(2)31(30-11)10-14-3-5-15(23)8-17(14)25)27-22(32)20-9-19(28-29-20)13-4-6-16(24)18(26)7-13/h3-9H,10H2,1-2H3,(H,27,32)(H,28,29). The summed E-state index contributed by atoms with van der Waals surface area (Å²) in [6, 6.07) is 12.1. The normalized spacial score (nSPS) is 11.1. The molecule has 2 N–H and O–H groups in total. The number of aromatic nitrogens is 4. The molecule has 32 heavy (non-hydrogen) atoms. The van der Waals surface area contributed by atoms with Crippen LogP contribution in [0.1, 0.15) is 27.4 Å². The van der Waals surface area contributed by atoms with Crippen molar-refractivity contribution in [1.29, 1.82) is 0 Å². The Morgan fingerprint density at radius 3 is 2.50 bits per heavy atom. The third-order valence-electron chi connectivity index (χ3n) is 4.99. The molecule has 0 aliphatic carbocycles. The van der Waals surface area contributed by atoms with Gasteiger partial charge in [0.15, 0.2) is 0 Å². The van der Waals surface area contributed by atoms with Crippen LogP contribution in [0.4, 0.5) is 5.69 Å². The lowest BCUT2D eigenvalue weighted by atomic mass is 10.1. The molecule has 2 aromatic heterocycles. The predicted molar refractivity (Wildman–Crippen MR) is 129 cm³/mol. The van der Waals surface area contributed by atoms with Crippen molar-refractivity contribution in [2.45, 2.75) is 20.4 Å². The van der Waals surface area contributed by atoms with Gasteiger partial charge in [0.05, 0.1) is 39.4 Å². The third-order valence-corrected chi connectivity index (χ3v) is 6.32. The molecule has 0 unspecified atom stereocenters. The average molecular weight is 509 g/mol. The van der Waals surface area contributed by atoms with Crippen molar-refractivity contribution in [2.24, 2.45) is 0 Å². The van der Waals surface area contributed by atoms with Gasteiger partial charge in [0, 0.05) is 15.6 Å². The summed E-state index contributed by atoms with van der Waals surface area (Å²) in [5.41, 5.74) is 4.62. The number of anilines is 1. The Morgan fingerprint density at radius 1 is 1.00 bits per heavy atom. The van der Waals surface area contributed by atoms with Crippen molar-refractivity contribution in [2.75, 3.05) is 5.32 Å². The molecule has 4 rings (SSSR count). The van der Waals surface area contributed by atoms with E-state index in [2.05, 4.69) is 20.6 Å². The van der Waals surface area contributed by atoms with Crippen LogP contribution in [0, 0.1) is 13.8 Å². The topological polar surface area (TPSA) is 75.6 Å². The van der Waals surface area contributed by atoms with Crippen molar-refractivity contribution in [1.82, 2.24) is 20.0 Å². The highest BCUT2D eigenvalue weighted by Gasteiger charge is 2.18. The summed E-state index contributed by atoms with van der Waals surface area (Å²) in [5, 5.41) is 16.4. The number of aryl methyl sites for hydroxylation is 1. The first-order chi connectivity index (χ1) is 15.2. The van der Waals surface area contributed by atoms with E-state index in [4.69, 9.17) is 46.4 Å². The zero-order valence-corrected chi connectivity index (χ0v) is 20.0. The number of amides is 1. The molecule has 4 aromatic rings. The zero-order chi connectivity index (χ0) is 23.0. The van der Waals surface area contributed by atoms with Crippen molar-refractivity contribution in [3.05, 3.63) is 85.2 Å². The lowest BCUT2D eigenvalue weighted by Gasteiger charge is -2.08. The SMILES string of the molecule is Cc1nn(Cc2ccc(Cl)cc2Cl)c(C)c1NC(=O)c1cc(-c2ccc(Cl)c(Cl)c2)n[nH]1. The molecule has 2 heterocycles. The van der Waals surface area contributed by atoms with E-state index in [1.165, 1.54) is 0 Å². The third kappa shape index (κ3) is 4.64. The molecule has 0 atom stereocenters. The molecular weight excluding hydrogens is 492 g/mol. The van der Waals surface area contributed by atoms with E-state index in [-0.39, 0.29) is 5.91 Å². The summed E-state index contributed by atoms with van der Waals surface area (Å²) in [5.74, 6) is -0.334. The molecule has 0 saturated heterocycles. The molecule has 0 saturated carbocycles. The number of halogens is 4. The fourth-order valence-electron chi connectivity index (χ4n) is 3.27. The van der Waals surface area contributed by atoms with E-state index in [9.17, 15) is 4.79 Å². The van der Waals surface area contributed by atoms with Crippen LogP contribution in [0.5, 0.6) is 0 Å². The number of hydrogen-bond acceptors (Lipinski definition) is 3. The highest BCUT2D eigenvalue weighted by atomic mass is 35.5. The largest absolute Gasteiger partial charge is 0.318 e. The number of rotatable bonds is 5. The summed E-state index contributed by atoms with van der Waals surface area (Å²) in [4.78, 5) is 12.8. The lowest BCUT2D eigenvalue weighted by Crippen LogP contribution is -2.14. The smallest absolute Gasteiger partial charge is 0.273 e. The van der Waals surface area contributed by atoms with E-state index < -0.39 is 0 Å². The minimum atomic E-state index is -0.334. The summed E-state index contributed by atoms with van der Waals surface area (Å²) in [6.45, 7) is 4.16. The number of hydrogen-bond donors (Lipinski definition) is 2. The predicted octanol–water partition coefficient (Wildman–Crippen LogP) is 6.80. The van der Waals surface area contributed by atoms with Gasteiger partial charge in [0.2, 0.25) is 0 Å². The van der Waals surface area contributed by atoms with Crippen molar-refractivity contribution in [3.63, 3.8) is 0 Å². The summed E-state index contributed by atoms with van der Waals surface area (Å²) in [6.07, 6.45) is 0. The Kier molecular flexibility index (Phi) is 6.49. The monoisotopic (exact) mass is 507 g/mol. The Labute approximate surface area is 204 Å². The quantitative estimate of drug-likeness (QED) is 0.311. The van der Waals surface area contributed by atoms with Gasteiger partial charge in [0.25, 0.3) is 5.91 Å². The molecular formula is C22H17Cl4N5O. The van der Waals surface area contributed by atoms with E-state index in [1.807, 2.05) is 19.9 Å². The molecule has 1 amide bonds. The fraction of sp³-hybridized carbons (Fsp3) is 0.136. The van der Waals surface area contributed by atoms with Gasteiger partial charge in [-0.2, -0.15) is 10.2 Å². The maximum atomic E-state index is 12.8. The number of aromatic amines is 1.